The van der Waals surface area contributed by atoms with Gasteiger partial charge in [0.25, 0.3) is 5.56 Å². The lowest BCUT2D eigenvalue weighted by atomic mass is 10.2. The molecule has 0 aliphatic carbocycles. The van der Waals surface area contributed by atoms with E-state index >= 15 is 0 Å². The maximum atomic E-state index is 12.5. The van der Waals surface area contributed by atoms with E-state index in [1.807, 2.05) is 0 Å². The predicted molar refractivity (Wildman–Crippen MR) is 131 cm³/mol. The number of carbonyl (C=O) groups excluding carboxylic acids is 1. The average molecular weight is 509 g/mol. The summed E-state index contributed by atoms with van der Waals surface area (Å²) in [7, 11) is -0.433. The van der Waals surface area contributed by atoms with E-state index in [-0.39, 0.29) is 30.0 Å². The van der Waals surface area contributed by atoms with Gasteiger partial charge in [-0.3, -0.25) is 19.1 Å². The Morgan fingerprint density at radius 3 is 3.00 bits per heavy atom. The molecule has 14 heteroatoms. The number of fused-ring (bicyclic) bond motifs is 1. The number of amides is 1. The summed E-state index contributed by atoms with van der Waals surface area (Å²) in [6, 6.07) is 0. The lowest BCUT2D eigenvalue weighted by molar-refractivity contribution is -0.120. The third-order valence-electron chi connectivity index (χ3n) is 5.81. The number of nitrogens with one attached hydrogen (secondary N) is 4. The fourth-order valence-corrected chi connectivity index (χ4v) is 4.16. The third kappa shape index (κ3) is 6.63. The summed E-state index contributed by atoms with van der Waals surface area (Å²) in [4.78, 5) is 42.5. The predicted octanol–water partition coefficient (Wildman–Crippen LogP) is 0.629. The lowest BCUT2D eigenvalue weighted by Gasteiger charge is -2.15. The molecule has 4 atom stereocenters. The average Bonchev–Trinajstić information content (AvgIpc) is 3.60. The van der Waals surface area contributed by atoms with Crippen LogP contribution in [0.5, 0.6) is 0 Å². The van der Waals surface area contributed by atoms with Gasteiger partial charge < -0.3 is 30.0 Å². The topological polar surface area (TPSA) is 172 Å². The van der Waals surface area contributed by atoms with Crippen LogP contribution in [0.15, 0.2) is 23.6 Å². The first-order chi connectivity index (χ1) is 17.5. The van der Waals surface area contributed by atoms with E-state index in [0.29, 0.717) is 31.1 Å². The number of anilines is 1. The number of aromatic nitrogens is 6. The molecule has 1 fully saturated rings. The van der Waals surface area contributed by atoms with Crippen molar-refractivity contribution < 1.29 is 19.2 Å². The summed E-state index contributed by atoms with van der Waals surface area (Å²) < 4.78 is 19.7. The number of hydrogen-bond donors (Lipinski definition) is 5. The first-order valence-electron chi connectivity index (χ1n) is 12.1. The zero-order chi connectivity index (χ0) is 25.3. The molecule has 5 N–H and O–H groups in total. The molecule has 4 rings (SSSR count). The number of imidazole rings is 2. The molecule has 0 spiro atoms. The monoisotopic (exact) mass is 508 g/mol. The standard InChI is InChI=1S/C21H31N8O5P/c30-14-8-17(34-15(14)10-33-35)29-12-26-18-19(29)27-21(28-20(18)32)24-6-4-2-1-3-5-23-16(31)7-13-9-22-11-25-13/h9,11-12,14-15,17,30H,1-8,10,35H2,(H,22,25)(H,23,31)(H2,24,27,28,32)/i35T. The van der Waals surface area contributed by atoms with Crippen molar-refractivity contribution in [3.8, 4) is 0 Å². The van der Waals surface area contributed by atoms with Crippen LogP contribution >= 0.6 is 9.41 Å². The second kappa shape index (κ2) is 12.2. The molecule has 1 saturated heterocycles. The zero-order valence-corrected chi connectivity index (χ0v) is 20.2. The number of nitrogens with zero attached hydrogens (tertiary/aromatic N) is 4. The van der Waals surface area contributed by atoms with Crippen molar-refractivity contribution in [3.63, 3.8) is 0 Å². The van der Waals surface area contributed by atoms with Crippen molar-refractivity contribution in [1.29, 1.82) is 1.28 Å². The zero-order valence-electron chi connectivity index (χ0n) is 20.2. The fourth-order valence-electron chi connectivity index (χ4n) is 3.99. The van der Waals surface area contributed by atoms with E-state index in [1.165, 1.54) is 6.33 Å². The second-order valence-electron chi connectivity index (χ2n) is 8.41. The minimum Gasteiger partial charge on any atom is -0.390 e. The normalized spacial score (nSPS) is 20.6. The quantitative estimate of drug-likeness (QED) is 0.155. The number of hydrogen-bond acceptors (Lipinski definition) is 9. The highest BCUT2D eigenvalue weighted by Gasteiger charge is 2.36. The van der Waals surface area contributed by atoms with Crippen LogP contribution in [0.3, 0.4) is 0 Å². The van der Waals surface area contributed by atoms with Crippen molar-refractivity contribution >= 4 is 32.4 Å². The first kappa shape index (κ1) is 23.9. The number of unbranched alkanes of at least 4 members (excludes halogenated alkanes) is 3. The summed E-state index contributed by atoms with van der Waals surface area (Å²) >= 11 is 0. The van der Waals surface area contributed by atoms with Gasteiger partial charge in [0.2, 0.25) is 11.9 Å². The van der Waals surface area contributed by atoms with E-state index in [1.54, 1.807) is 17.1 Å². The molecule has 1 amide bonds. The Kier molecular flexibility index (Phi) is 8.32. The number of H-pyrrole nitrogens is 2. The maximum Gasteiger partial charge on any atom is 0.280 e. The van der Waals surface area contributed by atoms with Crippen LogP contribution < -0.4 is 16.2 Å². The van der Waals surface area contributed by atoms with E-state index in [0.717, 1.165) is 31.4 Å². The number of aromatic amines is 2. The Morgan fingerprint density at radius 1 is 1.34 bits per heavy atom. The van der Waals surface area contributed by atoms with Crippen molar-refractivity contribution in [2.24, 2.45) is 0 Å². The van der Waals surface area contributed by atoms with Crippen LogP contribution in [-0.4, -0.2) is 73.7 Å². The van der Waals surface area contributed by atoms with Crippen molar-refractivity contribution in [1.82, 2.24) is 34.8 Å². The highest BCUT2D eigenvalue weighted by atomic mass is 31.0. The van der Waals surface area contributed by atoms with E-state index < -0.39 is 27.8 Å². The van der Waals surface area contributed by atoms with Gasteiger partial charge in [0, 0.05) is 35.1 Å². The molecule has 1 aliphatic heterocycles. The molecule has 190 valence electrons. The van der Waals surface area contributed by atoms with Gasteiger partial charge in [0.05, 0.1) is 38.8 Å². The minimum absolute atomic E-state index is 0.0389. The van der Waals surface area contributed by atoms with Crippen LogP contribution in [0.25, 0.3) is 11.2 Å². The molecule has 35 heavy (non-hydrogen) atoms. The molecule has 3 aromatic heterocycles. The van der Waals surface area contributed by atoms with E-state index in [2.05, 4.69) is 35.6 Å². The Hall–Kier alpha value is -2.86. The Balaban J connectivity index is 1.20. The van der Waals surface area contributed by atoms with Crippen molar-refractivity contribution in [2.75, 3.05) is 25.0 Å². The number of carbonyl (C=O) groups is 1. The van der Waals surface area contributed by atoms with Crippen molar-refractivity contribution in [3.05, 3.63) is 34.9 Å². The van der Waals surface area contributed by atoms with Gasteiger partial charge in [0.15, 0.2) is 11.2 Å². The third-order valence-corrected chi connectivity index (χ3v) is 5.98. The number of aliphatic hydroxyl groups is 1. The largest absolute Gasteiger partial charge is 0.390 e. The molecule has 0 bridgehead atoms. The SMILES string of the molecule is [3H]POCC1OC(n2cnc3c(=O)[nH]c(NCCCCCCNC(=O)Cc4c[nH]cn4)nc32)CC1O. The van der Waals surface area contributed by atoms with Gasteiger partial charge in [0.1, 0.15) is 12.3 Å². The van der Waals surface area contributed by atoms with Gasteiger partial charge in [-0.1, -0.05) is 12.8 Å². The molecule has 4 unspecified atom stereocenters. The minimum atomic E-state index is -0.743. The lowest BCUT2D eigenvalue weighted by Crippen LogP contribution is -2.26. The van der Waals surface area contributed by atoms with Crippen LogP contribution in [0.2, 0.25) is 0 Å². The molecule has 3 aromatic rings. The van der Waals surface area contributed by atoms with Crippen LogP contribution in [0.4, 0.5) is 5.95 Å². The number of rotatable bonds is 14. The molecule has 0 aromatic carbocycles. The summed E-state index contributed by atoms with van der Waals surface area (Å²) in [6.45, 7) is 1.38. The fraction of sp³-hybridized carbons (Fsp3) is 0.571. The van der Waals surface area contributed by atoms with Crippen LogP contribution in [-0.2, 0) is 20.5 Å². The first-order valence-corrected chi connectivity index (χ1v) is 12.0. The van der Waals surface area contributed by atoms with E-state index in [9.17, 15) is 14.7 Å². The van der Waals surface area contributed by atoms with Gasteiger partial charge in [-0.15, -0.1) is 0 Å². The molecule has 0 saturated carbocycles. The summed E-state index contributed by atoms with van der Waals surface area (Å²) in [6.07, 6.45) is 7.19. The maximum absolute atomic E-state index is 12.5. The second-order valence-corrected chi connectivity index (χ2v) is 8.70. The summed E-state index contributed by atoms with van der Waals surface area (Å²) in [5, 5.41) is 16.3. The molecule has 0 radical (unpaired) electrons. The number of ether oxygens (including phenoxy) is 1. The summed E-state index contributed by atoms with van der Waals surface area (Å²) in [5.74, 6) is 0.303. The molecule has 1 aliphatic rings. The van der Waals surface area contributed by atoms with Crippen LogP contribution in [0, 0.1) is 0 Å². The Labute approximate surface area is 205 Å². The van der Waals surface area contributed by atoms with Crippen LogP contribution in [0.1, 0.15) is 44.0 Å². The van der Waals surface area contributed by atoms with Gasteiger partial charge >= 0.3 is 0 Å². The van der Waals surface area contributed by atoms with E-state index in [4.69, 9.17) is 10.5 Å². The highest BCUT2D eigenvalue weighted by Crippen LogP contribution is 2.30. The smallest absolute Gasteiger partial charge is 0.280 e. The molecule has 4 heterocycles. The number of aliphatic hydroxyl groups excluding tert-OH is 1. The van der Waals surface area contributed by atoms with Gasteiger partial charge in [-0.05, 0) is 12.8 Å². The summed E-state index contributed by atoms with van der Waals surface area (Å²) in [5.41, 5.74) is 0.924. The van der Waals surface area contributed by atoms with Gasteiger partial charge in [-0.2, -0.15) is 4.98 Å². The Morgan fingerprint density at radius 2 is 2.20 bits per heavy atom. The molecular formula is C21H31N8O5P. The van der Waals surface area contributed by atoms with Gasteiger partial charge in [-0.25, -0.2) is 9.97 Å². The molecule has 13 nitrogen and oxygen atoms in total. The highest BCUT2D eigenvalue weighted by molar-refractivity contribution is 7.09. The molecular weight excluding hydrogens is 475 g/mol. The Bertz CT molecular complexity index is 1170. The van der Waals surface area contributed by atoms with Crippen molar-refractivity contribution in [2.45, 2.75) is 57.0 Å².